The number of carbonyl (C=O) groups is 1. The molecule has 0 aromatic heterocycles. The van der Waals surface area contributed by atoms with Crippen LogP contribution >= 0.6 is 23.2 Å². The lowest BCUT2D eigenvalue weighted by Gasteiger charge is -2.30. The van der Waals surface area contributed by atoms with Crippen molar-refractivity contribution in [2.45, 2.75) is 29.4 Å². The number of alkyl halides is 3. The van der Waals surface area contributed by atoms with Crippen LogP contribution in [0.2, 0.25) is 0 Å². The zero-order valence-electron chi connectivity index (χ0n) is 7.47. The van der Waals surface area contributed by atoms with Crippen molar-refractivity contribution < 1.29 is 14.3 Å². The molecule has 0 saturated heterocycles. The van der Waals surface area contributed by atoms with Crippen molar-refractivity contribution >= 4 is 29.2 Å². The zero-order valence-corrected chi connectivity index (χ0v) is 8.98. The first-order valence-electron chi connectivity index (χ1n) is 4.05. The van der Waals surface area contributed by atoms with Gasteiger partial charge in [-0.25, -0.2) is 9.18 Å². The van der Waals surface area contributed by atoms with E-state index in [2.05, 4.69) is 0 Å². The second kappa shape index (κ2) is 5.11. The summed E-state index contributed by atoms with van der Waals surface area (Å²) in [5, 5.41) is 8.70. The number of aliphatic carboxylic acids is 1. The standard InChI is InChI=1S/C7H13Cl2FN2O2/c8-7(9,10)6(12,5(13)14)3-1-2-4-11/h1-4,11-12H2,(H,13,14). The number of carboxylic acid groups (broad SMARTS) is 1. The molecule has 84 valence electrons. The summed E-state index contributed by atoms with van der Waals surface area (Å²) in [7, 11) is 0. The summed E-state index contributed by atoms with van der Waals surface area (Å²) in [6, 6.07) is 0. The number of hydrogen-bond donors (Lipinski definition) is 3. The molecular formula is C7H13Cl2FN2O2. The fourth-order valence-electron chi connectivity index (χ4n) is 0.918. The number of nitrogens with two attached hydrogens (primary N) is 2. The molecule has 0 fully saturated rings. The van der Waals surface area contributed by atoms with E-state index in [1.54, 1.807) is 0 Å². The molecule has 4 nitrogen and oxygen atoms in total. The van der Waals surface area contributed by atoms with E-state index in [0.29, 0.717) is 19.4 Å². The van der Waals surface area contributed by atoms with Crippen LogP contribution in [-0.4, -0.2) is 27.7 Å². The summed E-state index contributed by atoms with van der Waals surface area (Å²) in [4.78, 5) is 10.7. The Morgan fingerprint density at radius 2 is 1.93 bits per heavy atom. The highest BCUT2D eigenvalue weighted by Gasteiger charge is 2.53. The van der Waals surface area contributed by atoms with Gasteiger partial charge in [-0.05, 0) is 25.8 Å². The van der Waals surface area contributed by atoms with Crippen molar-refractivity contribution in [1.82, 2.24) is 0 Å². The summed E-state index contributed by atoms with van der Waals surface area (Å²) in [5.41, 5.74) is 8.19. The van der Waals surface area contributed by atoms with Gasteiger partial charge in [0.1, 0.15) is 0 Å². The van der Waals surface area contributed by atoms with Gasteiger partial charge >= 0.3 is 5.97 Å². The van der Waals surface area contributed by atoms with Gasteiger partial charge in [0.25, 0.3) is 4.59 Å². The minimum Gasteiger partial charge on any atom is -0.480 e. The Morgan fingerprint density at radius 3 is 2.21 bits per heavy atom. The first-order chi connectivity index (χ1) is 6.25. The summed E-state index contributed by atoms with van der Waals surface area (Å²) in [6.45, 7) is 0.375. The Morgan fingerprint density at radius 1 is 1.43 bits per heavy atom. The predicted molar refractivity (Wildman–Crippen MR) is 53.0 cm³/mol. The fourth-order valence-corrected chi connectivity index (χ4v) is 1.27. The van der Waals surface area contributed by atoms with Crippen molar-refractivity contribution in [2.24, 2.45) is 11.5 Å². The van der Waals surface area contributed by atoms with Gasteiger partial charge in [-0.2, -0.15) is 0 Å². The Kier molecular flexibility index (Phi) is 5.08. The van der Waals surface area contributed by atoms with Crippen LogP contribution in [-0.2, 0) is 4.79 Å². The Labute approximate surface area is 91.3 Å². The normalized spacial score (nSPS) is 16.4. The van der Waals surface area contributed by atoms with E-state index >= 15 is 0 Å². The van der Waals surface area contributed by atoms with Crippen molar-refractivity contribution in [3.63, 3.8) is 0 Å². The van der Waals surface area contributed by atoms with E-state index in [4.69, 9.17) is 39.8 Å². The maximum absolute atomic E-state index is 13.1. The molecule has 0 radical (unpaired) electrons. The van der Waals surface area contributed by atoms with Crippen LogP contribution < -0.4 is 11.5 Å². The van der Waals surface area contributed by atoms with E-state index in [-0.39, 0.29) is 6.42 Å². The fraction of sp³-hybridized carbons (Fsp3) is 0.857. The average Bonchev–Trinajstić information content (AvgIpc) is 2.02. The highest BCUT2D eigenvalue weighted by molar-refractivity contribution is 6.49. The van der Waals surface area contributed by atoms with Crippen LogP contribution in [0.1, 0.15) is 19.3 Å². The summed E-state index contributed by atoms with van der Waals surface area (Å²) < 4.78 is 10.1. The first-order valence-corrected chi connectivity index (χ1v) is 4.80. The van der Waals surface area contributed by atoms with Crippen LogP contribution in [0.3, 0.4) is 0 Å². The lowest BCUT2D eigenvalue weighted by atomic mass is 9.95. The molecule has 7 heteroatoms. The number of carboxylic acids is 1. The Bertz CT molecular complexity index is 210. The number of halogens is 3. The van der Waals surface area contributed by atoms with Crippen molar-refractivity contribution in [1.29, 1.82) is 0 Å². The largest absolute Gasteiger partial charge is 0.480 e. The molecule has 0 rings (SSSR count). The third kappa shape index (κ3) is 3.24. The van der Waals surface area contributed by atoms with Crippen molar-refractivity contribution in [3.05, 3.63) is 0 Å². The third-order valence-corrected chi connectivity index (χ3v) is 2.59. The highest BCUT2D eigenvalue weighted by Crippen LogP contribution is 2.37. The van der Waals surface area contributed by atoms with E-state index in [0.717, 1.165) is 0 Å². The topological polar surface area (TPSA) is 89.3 Å². The molecule has 0 aromatic carbocycles. The second-order valence-corrected chi connectivity index (χ2v) is 4.26. The van der Waals surface area contributed by atoms with E-state index in [1.165, 1.54) is 0 Å². The van der Waals surface area contributed by atoms with E-state index in [9.17, 15) is 9.18 Å². The lowest BCUT2D eigenvalue weighted by Crippen LogP contribution is -2.58. The molecule has 0 spiro atoms. The van der Waals surface area contributed by atoms with Crippen molar-refractivity contribution in [3.8, 4) is 0 Å². The van der Waals surface area contributed by atoms with Gasteiger partial charge in [-0.1, -0.05) is 23.2 Å². The molecule has 0 aliphatic carbocycles. The molecule has 14 heavy (non-hydrogen) atoms. The molecule has 5 N–H and O–H groups in total. The molecule has 0 amide bonds. The van der Waals surface area contributed by atoms with Crippen LogP contribution in [0.25, 0.3) is 0 Å². The smallest absolute Gasteiger partial charge is 0.329 e. The average molecular weight is 247 g/mol. The Hall–Kier alpha value is -0.100. The monoisotopic (exact) mass is 246 g/mol. The molecular weight excluding hydrogens is 234 g/mol. The van der Waals surface area contributed by atoms with Crippen LogP contribution in [0.5, 0.6) is 0 Å². The maximum atomic E-state index is 13.1. The van der Waals surface area contributed by atoms with Gasteiger partial charge in [-0.15, -0.1) is 0 Å². The van der Waals surface area contributed by atoms with Gasteiger partial charge in [-0.3, -0.25) is 0 Å². The van der Waals surface area contributed by atoms with Gasteiger partial charge in [0.15, 0.2) is 5.54 Å². The molecule has 0 bridgehead atoms. The van der Waals surface area contributed by atoms with Gasteiger partial charge in [0, 0.05) is 0 Å². The van der Waals surface area contributed by atoms with Gasteiger partial charge in [0.05, 0.1) is 0 Å². The number of unbranched alkanes of at least 4 members (excludes halogenated alkanes) is 1. The SMILES string of the molecule is NCCCCC(N)(C(=O)O)C(F)(Cl)Cl. The number of hydrogen-bond acceptors (Lipinski definition) is 3. The zero-order chi connectivity index (χ0) is 11.4. The van der Waals surface area contributed by atoms with E-state index < -0.39 is 16.1 Å². The minimum absolute atomic E-state index is 0.164. The molecule has 1 unspecified atom stereocenters. The summed E-state index contributed by atoms with van der Waals surface area (Å²) in [5.74, 6) is -1.57. The number of rotatable bonds is 6. The van der Waals surface area contributed by atoms with Crippen LogP contribution in [0.4, 0.5) is 4.39 Å². The predicted octanol–water partition coefficient (Wildman–Crippen LogP) is 0.998. The van der Waals surface area contributed by atoms with E-state index in [1.807, 2.05) is 0 Å². The molecule has 0 aromatic rings. The quantitative estimate of drug-likeness (QED) is 0.482. The summed E-state index contributed by atoms with van der Waals surface area (Å²) >= 11 is 10.2. The van der Waals surface area contributed by atoms with Crippen molar-refractivity contribution in [2.75, 3.05) is 6.54 Å². The first kappa shape index (κ1) is 13.9. The third-order valence-electron chi connectivity index (χ3n) is 1.91. The molecule has 1 atom stereocenters. The van der Waals surface area contributed by atoms with Crippen LogP contribution in [0.15, 0.2) is 0 Å². The summed E-state index contributed by atoms with van der Waals surface area (Å²) in [6.07, 6.45) is 0.726. The molecule has 0 saturated carbocycles. The molecule has 0 aliphatic rings. The maximum Gasteiger partial charge on any atom is 0.329 e. The highest BCUT2D eigenvalue weighted by atomic mass is 35.5. The van der Waals surface area contributed by atoms with Gasteiger partial charge < -0.3 is 16.6 Å². The minimum atomic E-state index is -2.99. The lowest BCUT2D eigenvalue weighted by molar-refractivity contribution is -0.145. The molecule has 0 heterocycles. The van der Waals surface area contributed by atoms with Crippen LogP contribution in [0, 0.1) is 0 Å². The second-order valence-electron chi connectivity index (χ2n) is 3.02. The molecule has 0 aliphatic heterocycles. The van der Waals surface area contributed by atoms with Gasteiger partial charge in [0.2, 0.25) is 0 Å². The Balaban J connectivity index is 4.50.